The minimum Gasteiger partial charge on any atom is -0.497 e. The summed E-state index contributed by atoms with van der Waals surface area (Å²) in [4.78, 5) is 41.9. The number of ether oxygens (including phenoxy) is 1. The molecule has 12 nitrogen and oxygen atoms in total. The maximum Gasteiger partial charge on any atom is 0.434 e. The highest BCUT2D eigenvalue weighted by Crippen LogP contribution is 2.41. The number of nitrogens with one attached hydrogen (secondary N) is 2. The summed E-state index contributed by atoms with van der Waals surface area (Å²) in [6.45, 7) is 5.44. The second-order valence-electron chi connectivity index (χ2n) is 10.9. The van der Waals surface area contributed by atoms with Gasteiger partial charge in [-0.15, -0.1) is 0 Å². The molecule has 0 saturated carbocycles. The molecule has 5 rings (SSSR count). The van der Waals surface area contributed by atoms with Crippen LogP contribution in [0.5, 0.6) is 5.75 Å². The predicted molar refractivity (Wildman–Crippen MR) is 188 cm³/mol. The second kappa shape index (κ2) is 14.7. The Hall–Kier alpha value is -5.96. The molecule has 1 aromatic heterocycles. The smallest absolute Gasteiger partial charge is 0.434 e. The Kier molecular flexibility index (Phi) is 10.4. The number of aliphatic imine (C=N–C) groups is 1. The van der Waals surface area contributed by atoms with Gasteiger partial charge in [-0.2, -0.15) is 13.2 Å². The Morgan fingerprint density at radius 1 is 1.10 bits per heavy atom. The molecule has 16 heteroatoms. The predicted octanol–water partition coefficient (Wildman–Crippen LogP) is 5.49. The number of carbonyl (C=O) groups excluding carboxylic acids is 2. The van der Waals surface area contributed by atoms with Crippen LogP contribution in [0, 0.1) is 5.41 Å². The van der Waals surface area contributed by atoms with Crippen molar-refractivity contribution in [1.82, 2.24) is 14.9 Å². The molecule has 4 aromatic rings. The summed E-state index contributed by atoms with van der Waals surface area (Å²) in [5.74, 6) is -0.409. The first-order chi connectivity index (χ1) is 23.9. The minimum atomic E-state index is -5.07. The average Bonchev–Trinajstić information content (AvgIpc) is 3.11. The number of fused-ring (bicyclic) bond motifs is 1. The van der Waals surface area contributed by atoms with Crippen molar-refractivity contribution >= 4 is 69.1 Å². The lowest BCUT2D eigenvalue weighted by Crippen LogP contribution is -2.48. The highest BCUT2D eigenvalue weighted by atomic mass is 35.5. The van der Waals surface area contributed by atoms with Gasteiger partial charge < -0.3 is 36.7 Å². The molecule has 2 amide bonds. The molecule has 1 fully saturated rings. The lowest BCUT2D eigenvalue weighted by Gasteiger charge is -2.35. The fraction of sp³-hybridized carbons (Fsp3) is 0.176. The fourth-order valence-electron chi connectivity index (χ4n) is 5.47. The summed E-state index contributed by atoms with van der Waals surface area (Å²) in [6.07, 6.45) is -0.962. The average molecular weight is 706 g/mol. The summed E-state index contributed by atoms with van der Waals surface area (Å²) in [5, 5.41) is 11.3. The Morgan fingerprint density at radius 2 is 1.80 bits per heavy atom. The van der Waals surface area contributed by atoms with E-state index in [1.54, 1.807) is 17.0 Å². The zero-order valence-corrected chi connectivity index (χ0v) is 27.3. The zero-order valence-electron chi connectivity index (χ0n) is 26.6. The van der Waals surface area contributed by atoms with Crippen molar-refractivity contribution in [2.75, 3.05) is 49.2 Å². The number of aromatic nitrogens is 2. The topological polar surface area (TPSA) is 176 Å². The van der Waals surface area contributed by atoms with Gasteiger partial charge in [-0.3, -0.25) is 9.59 Å². The van der Waals surface area contributed by atoms with Gasteiger partial charge in [-0.25, -0.2) is 15.0 Å². The molecule has 0 spiro atoms. The number of benzene rings is 3. The quantitative estimate of drug-likeness (QED) is 0.100. The van der Waals surface area contributed by atoms with Crippen LogP contribution in [-0.4, -0.2) is 78.1 Å². The number of halogens is 4. The first-order valence-electron chi connectivity index (χ1n) is 15.0. The number of nitrogens with two attached hydrogens (primary N) is 2. The minimum absolute atomic E-state index is 0.00782. The normalized spacial score (nSPS) is 14.0. The number of rotatable bonds is 9. The Labute approximate surface area is 289 Å². The lowest BCUT2D eigenvalue weighted by molar-refractivity contribution is -0.126. The lowest BCUT2D eigenvalue weighted by atomic mass is 9.95. The van der Waals surface area contributed by atoms with Gasteiger partial charge in [-0.05, 0) is 54.6 Å². The number of alkyl halides is 3. The van der Waals surface area contributed by atoms with E-state index in [1.807, 2.05) is 4.90 Å². The second-order valence-corrected chi connectivity index (χ2v) is 11.3. The number of piperazine rings is 1. The van der Waals surface area contributed by atoms with Crippen molar-refractivity contribution < 1.29 is 27.5 Å². The molecule has 0 radical (unpaired) electrons. The largest absolute Gasteiger partial charge is 0.497 e. The number of hydrogen-bond donors (Lipinski definition) is 4. The summed E-state index contributed by atoms with van der Waals surface area (Å²) in [5.41, 5.74) is 10.4. The van der Waals surface area contributed by atoms with Gasteiger partial charge in [0.25, 0.3) is 5.91 Å². The van der Waals surface area contributed by atoms with Crippen LogP contribution in [0.3, 0.4) is 0 Å². The highest BCUT2D eigenvalue weighted by Gasteiger charge is 2.41. The van der Waals surface area contributed by atoms with Crippen molar-refractivity contribution in [3.63, 3.8) is 0 Å². The molecule has 0 aliphatic carbocycles. The first-order valence-corrected chi connectivity index (χ1v) is 15.3. The third-order valence-electron chi connectivity index (χ3n) is 7.96. The van der Waals surface area contributed by atoms with E-state index in [2.05, 4.69) is 26.9 Å². The van der Waals surface area contributed by atoms with Crippen LogP contribution >= 0.6 is 11.6 Å². The van der Waals surface area contributed by atoms with Gasteiger partial charge in [0.2, 0.25) is 5.91 Å². The molecule has 2 heterocycles. The Balaban J connectivity index is 1.54. The highest BCUT2D eigenvalue weighted by molar-refractivity contribution is 6.35. The van der Waals surface area contributed by atoms with Gasteiger partial charge in [0.05, 0.1) is 23.9 Å². The molecule has 6 N–H and O–H groups in total. The van der Waals surface area contributed by atoms with E-state index >= 15 is 0 Å². The fourth-order valence-corrected chi connectivity index (χ4v) is 5.73. The van der Waals surface area contributed by atoms with E-state index in [-0.39, 0.29) is 44.7 Å². The van der Waals surface area contributed by atoms with E-state index in [0.717, 1.165) is 6.21 Å². The van der Waals surface area contributed by atoms with Crippen LogP contribution in [0.15, 0.2) is 84.3 Å². The third kappa shape index (κ3) is 7.22. The molecule has 0 atom stereocenters. The maximum atomic E-state index is 14.3. The van der Waals surface area contributed by atoms with Crippen molar-refractivity contribution in [2.45, 2.75) is 6.18 Å². The molecule has 1 aliphatic rings. The van der Waals surface area contributed by atoms with Crippen LogP contribution in [0.2, 0.25) is 5.02 Å². The number of amides is 2. The van der Waals surface area contributed by atoms with Crippen molar-refractivity contribution in [2.24, 2.45) is 10.7 Å². The van der Waals surface area contributed by atoms with Gasteiger partial charge in [-0.1, -0.05) is 18.2 Å². The van der Waals surface area contributed by atoms with E-state index in [4.69, 9.17) is 33.2 Å². The SMILES string of the molecule is C=CC(=O)N1CCN(c2ncnc3cc(-c4c(NC(=O)C(=CN)C(=Nc5ccc(OC)cc5)C(F)(F)F)ccc(N)c4C=N)c(Cl)cc23)CC1. The molecule has 1 aliphatic heterocycles. The van der Waals surface area contributed by atoms with Crippen LogP contribution in [0.1, 0.15) is 5.56 Å². The summed E-state index contributed by atoms with van der Waals surface area (Å²) < 4.78 is 48.0. The van der Waals surface area contributed by atoms with Crippen LogP contribution in [0.25, 0.3) is 22.0 Å². The van der Waals surface area contributed by atoms with E-state index in [0.29, 0.717) is 54.8 Å². The molecule has 0 unspecified atom stereocenters. The van der Waals surface area contributed by atoms with Gasteiger partial charge in [0.15, 0.2) is 5.71 Å². The number of anilines is 3. The van der Waals surface area contributed by atoms with E-state index in [9.17, 15) is 22.8 Å². The number of hydrogen-bond acceptors (Lipinski definition) is 10. The number of methoxy groups -OCH3 is 1. The first kappa shape index (κ1) is 35.3. The van der Waals surface area contributed by atoms with Crippen LogP contribution in [0.4, 0.5) is 36.1 Å². The molecule has 50 heavy (non-hydrogen) atoms. The zero-order chi connectivity index (χ0) is 36.2. The van der Waals surface area contributed by atoms with E-state index < -0.39 is 23.4 Å². The van der Waals surface area contributed by atoms with Crippen LogP contribution < -0.4 is 26.4 Å². The number of carbonyl (C=O) groups is 2. The van der Waals surface area contributed by atoms with Crippen molar-refractivity contribution in [3.05, 3.63) is 89.9 Å². The van der Waals surface area contributed by atoms with Crippen LogP contribution in [-0.2, 0) is 9.59 Å². The molecule has 258 valence electrons. The molecule has 3 aromatic carbocycles. The monoisotopic (exact) mass is 705 g/mol. The summed E-state index contributed by atoms with van der Waals surface area (Å²) in [6, 6.07) is 11.5. The van der Waals surface area contributed by atoms with Gasteiger partial charge >= 0.3 is 6.18 Å². The maximum absolute atomic E-state index is 14.3. The number of nitrogens with zero attached hydrogens (tertiary/aromatic N) is 5. The van der Waals surface area contributed by atoms with Gasteiger partial charge in [0, 0.05) is 77.1 Å². The summed E-state index contributed by atoms with van der Waals surface area (Å²) in [7, 11) is 1.41. The summed E-state index contributed by atoms with van der Waals surface area (Å²) >= 11 is 6.86. The van der Waals surface area contributed by atoms with E-state index in [1.165, 1.54) is 55.9 Å². The molecule has 0 bridgehead atoms. The third-order valence-corrected chi connectivity index (χ3v) is 8.27. The standard InChI is InChI=1S/C34H31ClF3N9O3/c1-3-29(48)46-10-12-47(13-11-46)32-22-14-25(35)21(15-28(22)42-18-43-32)30-23(16-39)26(41)8-9-27(30)45-33(49)24(17-40)31(34(36,37)38)44-19-4-6-20(50-2)7-5-19/h3-9,14-18,39H,1,10-13,40-41H2,2H3,(H,45,49). The van der Waals surface area contributed by atoms with Gasteiger partial charge in [0.1, 0.15) is 17.9 Å². The Morgan fingerprint density at radius 3 is 2.40 bits per heavy atom. The Bertz CT molecular complexity index is 2040. The molecular formula is C34H31ClF3N9O3. The number of nitrogen functional groups attached to an aromatic ring is 1. The van der Waals surface area contributed by atoms with Crippen molar-refractivity contribution in [1.29, 1.82) is 5.41 Å². The van der Waals surface area contributed by atoms with Crippen molar-refractivity contribution in [3.8, 4) is 16.9 Å². The molecule has 1 saturated heterocycles. The molecular weight excluding hydrogens is 675 g/mol.